The Bertz CT molecular complexity index is 3160. The quantitative estimate of drug-likeness (QED) is 0.178. The third kappa shape index (κ3) is 4.86. The Morgan fingerprint density at radius 2 is 0.943 bits per heavy atom. The van der Waals surface area contributed by atoms with Gasteiger partial charge in [-0.2, -0.15) is 0 Å². The SMILES string of the molecule is c1ccc2c(-c3ccc(N(c4ccc(-c5cc6sc7ccccc7c6c6ccccc56)cc4)c4ccc5c(c4)oc4ccccc45)cc3)cccc2c1. The summed E-state index contributed by atoms with van der Waals surface area (Å²) in [5.41, 5.74) is 9.85. The number of hydrogen-bond donors (Lipinski definition) is 0. The van der Waals surface area contributed by atoms with Crippen LogP contribution in [0.2, 0.25) is 0 Å². The third-order valence-corrected chi connectivity index (χ3v) is 11.8. The number of para-hydroxylation sites is 1. The van der Waals surface area contributed by atoms with Gasteiger partial charge in [0.15, 0.2) is 0 Å². The van der Waals surface area contributed by atoms with E-state index in [0.29, 0.717) is 0 Å². The van der Waals surface area contributed by atoms with Gasteiger partial charge in [-0.25, -0.2) is 0 Å². The van der Waals surface area contributed by atoms with Crippen LogP contribution in [0.15, 0.2) is 192 Å². The van der Waals surface area contributed by atoms with E-state index in [-0.39, 0.29) is 0 Å². The highest BCUT2D eigenvalue weighted by molar-refractivity contribution is 7.26. The number of furan rings is 1. The predicted molar refractivity (Wildman–Crippen MR) is 227 cm³/mol. The second-order valence-corrected chi connectivity index (χ2v) is 14.8. The number of fused-ring (bicyclic) bond motifs is 9. The fraction of sp³-hybridized carbons (Fsp3) is 0. The van der Waals surface area contributed by atoms with E-state index in [0.717, 1.165) is 39.0 Å². The van der Waals surface area contributed by atoms with Crippen molar-refractivity contribution in [3.63, 3.8) is 0 Å². The van der Waals surface area contributed by atoms with Crippen LogP contribution in [-0.4, -0.2) is 0 Å². The lowest BCUT2D eigenvalue weighted by molar-refractivity contribution is 0.669. The second kappa shape index (κ2) is 11.9. The zero-order valence-electron chi connectivity index (χ0n) is 28.7. The molecule has 2 heterocycles. The number of hydrogen-bond acceptors (Lipinski definition) is 3. The van der Waals surface area contributed by atoms with Gasteiger partial charge in [0.05, 0.1) is 0 Å². The molecule has 0 unspecified atom stereocenters. The lowest BCUT2D eigenvalue weighted by atomic mass is 9.95. The largest absolute Gasteiger partial charge is 0.456 e. The molecule has 0 fully saturated rings. The summed E-state index contributed by atoms with van der Waals surface area (Å²) in [4.78, 5) is 2.33. The summed E-state index contributed by atoms with van der Waals surface area (Å²) in [6.45, 7) is 0. The topological polar surface area (TPSA) is 16.4 Å². The van der Waals surface area contributed by atoms with Crippen molar-refractivity contribution in [1.82, 2.24) is 0 Å². The van der Waals surface area contributed by atoms with Crippen molar-refractivity contribution in [2.45, 2.75) is 0 Å². The first-order valence-corrected chi connectivity index (χ1v) is 18.8. The zero-order valence-corrected chi connectivity index (χ0v) is 29.5. The fourth-order valence-corrected chi connectivity index (χ4v) is 9.35. The van der Waals surface area contributed by atoms with Gasteiger partial charge in [0, 0.05) is 54.1 Å². The summed E-state index contributed by atoms with van der Waals surface area (Å²) in [5.74, 6) is 0. The minimum atomic E-state index is 0.876. The minimum absolute atomic E-state index is 0.876. The Labute approximate surface area is 310 Å². The molecule has 0 saturated carbocycles. The molecule has 0 aliphatic carbocycles. The highest BCUT2D eigenvalue weighted by Crippen LogP contribution is 2.44. The number of benzene rings is 9. The van der Waals surface area contributed by atoms with Gasteiger partial charge < -0.3 is 9.32 Å². The molecule has 0 bridgehead atoms. The van der Waals surface area contributed by atoms with Crippen molar-refractivity contribution in [3.05, 3.63) is 188 Å². The van der Waals surface area contributed by atoms with Gasteiger partial charge in [0.1, 0.15) is 11.2 Å². The summed E-state index contributed by atoms with van der Waals surface area (Å²) in [6, 6.07) is 67.9. The molecular formula is C50H31NOS. The molecule has 2 nitrogen and oxygen atoms in total. The fourth-order valence-electron chi connectivity index (χ4n) is 8.19. The summed E-state index contributed by atoms with van der Waals surface area (Å²) < 4.78 is 9.02. The first kappa shape index (κ1) is 30.0. The van der Waals surface area contributed by atoms with Gasteiger partial charge in [-0.05, 0) is 98.4 Å². The van der Waals surface area contributed by atoms with Crippen molar-refractivity contribution >= 4 is 92.1 Å². The van der Waals surface area contributed by atoms with Crippen molar-refractivity contribution in [1.29, 1.82) is 0 Å². The van der Waals surface area contributed by atoms with E-state index in [2.05, 4.69) is 181 Å². The van der Waals surface area contributed by atoms with Crippen LogP contribution in [0.25, 0.3) is 85.9 Å². The van der Waals surface area contributed by atoms with Crippen molar-refractivity contribution in [3.8, 4) is 22.3 Å². The maximum atomic E-state index is 6.38. The van der Waals surface area contributed by atoms with E-state index in [1.165, 1.54) is 64.0 Å². The highest BCUT2D eigenvalue weighted by atomic mass is 32.1. The maximum Gasteiger partial charge on any atom is 0.137 e. The Kier molecular flexibility index (Phi) is 6.76. The van der Waals surface area contributed by atoms with Gasteiger partial charge in [-0.1, -0.05) is 127 Å². The van der Waals surface area contributed by atoms with Crippen LogP contribution in [0.5, 0.6) is 0 Å². The lowest BCUT2D eigenvalue weighted by Gasteiger charge is -2.26. The summed E-state index contributed by atoms with van der Waals surface area (Å²) in [6.07, 6.45) is 0. The summed E-state index contributed by atoms with van der Waals surface area (Å²) in [7, 11) is 0. The maximum absolute atomic E-state index is 6.38. The molecule has 2 aromatic heterocycles. The average molecular weight is 694 g/mol. The van der Waals surface area contributed by atoms with E-state index in [4.69, 9.17) is 4.42 Å². The van der Waals surface area contributed by atoms with Crippen LogP contribution >= 0.6 is 11.3 Å². The Balaban J connectivity index is 1.05. The van der Waals surface area contributed by atoms with Crippen LogP contribution in [0.3, 0.4) is 0 Å². The van der Waals surface area contributed by atoms with Gasteiger partial charge in [0.25, 0.3) is 0 Å². The number of rotatable bonds is 5. The van der Waals surface area contributed by atoms with Crippen molar-refractivity contribution in [2.75, 3.05) is 4.90 Å². The van der Waals surface area contributed by atoms with E-state index < -0.39 is 0 Å². The minimum Gasteiger partial charge on any atom is -0.456 e. The Morgan fingerprint density at radius 3 is 1.74 bits per heavy atom. The first-order valence-electron chi connectivity index (χ1n) is 18.0. The Hall–Kier alpha value is -6.68. The molecular weight excluding hydrogens is 663 g/mol. The van der Waals surface area contributed by atoms with Crippen molar-refractivity contribution < 1.29 is 4.42 Å². The van der Waals surface area contributed by atoms with Crippen LogP contribution in [0.4, 0.5) is 17.1 Å². The molecule has 3 heteroatoms. The van der Waals surface area contributed by atoms with Crippen molar-refractivity contribution in [2.24, 2.45) is 0 Å². The molecule has 0 saturated heterocycles. The molecule has 0 atom stereocenters. The molecule has 53 heavy (non-hydrogen) atoms. The first-order chi connectivity index (χ1) is 26.3. The average Bonchev–Trinajstić information content (AvgIpc) is 3.79. The second-order valence-electron chi connectivity index (χ2n) is 13.7. The molecule has 0 N–H and O–H groups in total. The van der Waals surface area contributed by atoms with Gasteiger partial charge in [0.2, 0.25) is 0 Å². The zero-order chi connectivity index (χ0) is 34.9. The molecule has 11 aromatic rings. The molecule has 0 spiro atoms. The molecule has 0 radical (unpaired) electrons. The van der Waals surface area contributed by atoms with Crippen LogP contribution in [-0.2, 0) is 0 Å². The van der Waals surface area contributed by atoms with Gasteiger partial charge >= 0.3 is 0 Å². The smallest absolute Gasteiger partial charge is 0.137 e. The number of thiophene rings is 1. The lowest BCUT2D eigenvalue weighted by Crippen LogP contribution is -2.09. The van der Waals surface area contributed by atoms with Crippen LogP contribution < -0.4 is 4.90 Å². The van der Waals surface area contributed by atoms with Gasteiger partial charge in [-0.3, -0.25) is 0 Å². The normalized spacial score (nSPS) is 11.8. The molecule has 0 amide bonds. The van der Waals surface area contributed by atoms with E-state index in [1.807, 2.05) is 23.5 Å². The summed E-state index contributed by atoms with van der Waals surface area (Å²) in [5, 5.41) is 10.00. The number of nitrogens with zero attached hydrogens (tertiary/aromatic N) is 1. The van der Waals surface area contributed by atoms with E-state index in [9.17, 15) is 0 Å². The molecule has 0 aliphatic rings. The molecule has 248 valence electrons. The predicted octanol–water partition coefficient (Wildman–Crippen LogP) is 15.1. The van der Waals surface area contributed by atoms with Crippen LogP contribution in [0.1, 0.15) is 0 Å². The molecule has 11 rings (SSSR count). The number of anilines is 3. The summed E-state index contributed by atoms with van der Waals surface area (Å²) >= 11 is 1.87. The molecule has 9 aromatic carbocycles. The van der Waals surface area contributed by atoms with E-state index >= 15 is 0 Å². The van der Waals surface area contributed by atoms with E-state index in [1.54, 1.807) is 0 Å². The molecule has 0 aliphatic heterocycles. The van der Waals surface area contributed by atoms with Crippen LogP contribution in [0, 0.1) is 0 Å². The highest BCUT2D eigenvalue weighted by Gasteiger charge is 2.18. The Morgan fingerprint density at radius 1 is 0.358 bits per heavy atom. The third-order valence-electron chi connectivity index (χ3n) is 10.7. The van der Waals surface area contributed by atoms with Gasteiger partial charge in [-0.15, -0.1) is 11.3 Å². The monoisotopic (exact) mass is 693 g/mol. The standard InChI is InChI=1S/C50H31NOS/c1-2-12-38-32(10-1)11-9-17-39(38)33-20-24-35(25-21-33)51(37-28-29-42-41-14-5-7-18-46(41)52-47(42)30-37)36-26-22-34(23-27-36)45-31-49-50(43-15-4-3-13-40(43)45)44-16-6-8-19-48(44)53-49/h1-31H.